The predicted molar refractivity (Wildman–Crippen MR) is 111 cm³/mol. The number of nitrogens with zero attached hydrogens (tertiary/aromatic N) is 2. The molecule has 1 heterocycles. The normalized spacial score (nSPS) is 15.6. The van der Waals surface area contributed by atoms with E-state index >= 15 is 0 Å². The molecule has 1 aliphatic heterocycles. The highest BCUT2D eigenvalue weighted by Gasteiger charge is 2.29. The van der Waals surface area contributed by atoms with Gasteiger partial charge in [0, 0.05) is 29.6 Å². The maximum absolute atomic E-state index is 12.9. The molecule has 0 saturated carbocycles. The zero-order valence-corrected chi connectivity index (χ0v) is 19.5. The molecule has 162 valence electrons. The van der Waals surface area contributed by atoms with E-state index < -0.39 is 22.6 Å². The molecule has 0 unspecified atom stereocenters. The highest BCUT2D eigenvalue weighted by molar-refractivity contribution is 9.10. The second-order valence-corrected chi connectivity index (χ2v) is 9.99. The fraction of sp³-hybridized carbons (Fsp3) is 0.579. The fourth-order valence-electron chi connectivity index (χ4n) is 3.21. The largest absolute Gasteiger partial charge is 0.452 e. The van der Waals surface area contributed by atoms with E-state index in [1.54, 1.807) is 4.90 Å². The van der Waals surface area contributed by atoms with E-state index in [0.29, 0.717) is 17.7 Å². The number of rotatable bonds is 7. The van der Waals surface area contributed by atoms with Crippen molar-refractivity contribution in [2.45, 2.75) is 44.7 Å². The Labute approximate surface area is 180 Å². The first kappa shape index (κ1) is 23.8. The SMILES string of the molecule is CC(C)N(C(=O)COC(=O)c1ccc(Br)c(S(=O)(=O)N2CCOCC2)c1)C(C)C. The lowest BCUT2D eigenvalue weighted by atomic mass is 10.2. The molecule has 29 heavy (non-hydrogen) atoms. The van der Waals surface area contributed by atoms with E-state index in [1.807, 2.05) is 27.7 Å². The van der Waals surface area contributed by atoms with Gasteiger partial charge in [0.1, 0.15) is 0 Å². The zero-order valence-electron chi connectivity index (χ0n) is 17.1. The van der Waals surface area contributed by atoms with Crippen molar-refractivity contribution in [1.82, 2.24) is 9.21 Å². The van der Waals surface area contributed by atoms with Gasteiger partial charge in [0.25, 0.3) is 5.91 Å². The lowest BCUT2D eigenvalue weighted by Crippen LogP contribution is -2.44. The smallest absolute Gasteiger partial charge is 0.338 e. The summed E-state index contributed by atoms with van der Waals surface area (Å²) in [6, 6.07) is 4.15. The van der Waals surface area contributed by atoms with Crippen LogP contribution in [-0.2, 0) is 24.3 Å². The molecule has 1 aromatic carbocycles. The molecule has 0 N–H and O–H groups in total. The maximum atomic E-state index is 12.9. The molecule has 2 rings (SSSR count). The van der Waals surface area contributed by atoms with Crippen molar-refractivity contribution in [2.75, 3.05) is 32.9 Å². The Hall–Kier alpha value is -1.49. The fourth-order valence-corrected chi connectivity index (χ4v) is 5.57. The van der Waals surface area contributed by atoms with Gasteiger partial charge >= 0.3 is 5.97 Å². The Morgan fingerprint density at radius 1 is 1.17 bits per heavy atom. The van der Waals surface area contributed by atoms with Gasteiger partial charge in [-0.3, -0.25) is 4.79 Å². The molecule has 10 heteroatoms. The molecule has 0 atom stereocenters. The third-order valence-electron chi connectivity index (χ3n) is 4.48. The number of amides is 1. The highest BCUT2D eigenvalue weighted by atomic mass is 79.9. The topological polar surface area (TPSA) is 93.2 Å². The van der Waals surface area contributed by atoms with Crippen LogP contribution in [0.3, 0.4) is 0 Å². The number of carbonyl (C=O) groups is 2. The number of hydrogen-bond acceptors (Lipinski definition) is 6. The summed E-state index contributed by atoms with van der Waals surface area (Å²) in [7, 11) is -3.79. The van der Waals surface area contributed by atoms with E-state index in [1.165, 1.54) is 22.5 Å². The van der Waals surface area contributed by atoms with Crippen molar-refractivity contribution in [3.8, 4) is 0 Å². The standard InChI is InChI=1S/C19H27BrN2O6S/c1-13(2)22(14(3)4)18(23)12-28-19(24)15-5-6-16(20)17(11-15)29(25,26)21-7-9-27-10-8-21/h5-6,11,13-14H,7-10,12H2,1-4H3. The third-order valence-corrected chi connectivity index (χ3v) is 7.37. The van der Waals surface area contributed by atoms with Crippen molar-refractivity contribution in [1.29, 1.82) is 0 Å². The number of ether oxygens (including phenoxy) is 2. The molecule has 1 aliphatic rings. The lowest BCUT2D eigenvalue weighted by molar-refractivity contribution is -0.138. The summed E-state index contributed by atoms with van der Waals surface area (Å²) in [5.41, 5.74) is 0.0634. The Morgan fingerprint density at radius 3 is 2.31 bits per heavy atom. The van der Waals surface area contributed by atoms with Gasteiger partial charge in [-0.15, -0.1) is 0 Å². The molecule has 1 fully saturated rings. The molecule has 0 radical (unpaired) electrons. The first-order valence-electron chi connectivity index (χ1n) is 9.41. The minimum atomic E-state index is -3.79. The molecule has 0 aliphatic carbocycles. The molecular formula is C19H27BrN2O6S. The Bertz CT molecular complexity index is 842. The minimum Gasteiger partial charge on any atom is -0.452 e. The van der Waals surface area contributed by atoms with Gasteiger partial charge in [0.2, 0.25) is 10.0 Å². The number of hydrogen-bond donors (Lipinski definition) is 0. The molecule has 0 spiro atoms. The second kappa shape index (κ2) is 10.0. The van der Waals surface area contributed by atoms with Gasteiger partial charge in [0.15, 0.2) is 6.61 Å². The summed E-state index contributed by atoms with van der Waals surface area (Å²) in [5.74, 6) is -1.06. The predicted octanol–water partition coefficient (Wildman–Crippen LogP) is 2.27. The van der Waals surface area contributed by atoms with Crippen LogP contribution in [0.4, 0.5) is 0 Å². The van der Waals surface area contributed by atoms with Gasteiger partial charge < -0.3 is 14.4 Å². The average molecular weight is 491 g/mol. The quantitative estimate of drug-likeness (QED) is 0.544. The van der Waals surface area contributed by atoms with E-state index in [2.05, 4.69) is 15.9 Å². The maximum Gasteiger partial charge on any atom is 0.338 e. The number of benzene rings is 1. The molecule has 0 aromatic heterocycles. The van der Waals surface area contributed by atoms with E-state index in [4.69, 9.17) is 9.47 Å². The van der Waals surface area contributed by atoms with Crippen LogP contribution in [-0.4, -0.2) is 74.5 Å². The average Bonchev–Trinajstić information content (AvgIpc) is 2.66. The number of halogens is 1. The number of morpholine rings is 1. The van der Waals surface area contributed by atoms with Crippen molar-refractivity contribution >= 4 is 37.8 Å². The number of sulfonamides is 1. The zero-order chi connectivity index (χ0) is 21.8. The second-order valence-electron chi connectivity index (χ2n) is 7.23. The van der Waals surface area contributed by atoms with Crippen LogP contribution in [0.15, 0.2) is 27.6 Å². The van der Waals surface area contributed by atoms with Crippen LogP contribution < -0.4 is 0 Å². The van der Waals surface area contributed by atoms with Gasteiger partial charge in [-0.1, -0.05) is 0 Å². The summed E-state index contributed by atoms with van der Waals surface area (Å²) >= 11 is 3.25. The van der Waals surface area contributed by atoms with Crippen LogP contribution in [0.2, 0.25) is 0 Å². The minimum absolute atomic E-state index is 0.0221. The molecular weight excluding hydrogens is 464 g/mol. The third kappa shape index (κ3) is 5.78. The number of esters is 1. The van der Waals surface area contributed by atoms with E-state index in [9.17, 15) is 18.0 Å². The van der Waals surface area contributed by atoms with Crippen molar-refractivity contribution in [3.63, 3.8) is 0 Å². The summed E-state index contributed by atoms with van der Waals surface area (Å²) in [4.78, 5) is 26.4. The number of carbonyl (C=O) groups excluding carboxylic acids is 2. The summed E-state index contributed by atoms with van der Waals surface area (Å²) < 4.78 is 37.9. The molecule has 8 nitrogen and oxygen atoms in total. The van der Waals surface area contributed by atoms with Crippen LogP contribution in [0.1, 0.15) is 38.1 Å². The molecule has 1 aromatic rings. The first-order valence-corrected chi connectivity index (χ1v) is 11.6. The van der Waals surface area contributed by atoms with Crippen molar-refractivity contribution in [3.05, 3.63) is 28.2 Å². The molecule has 1 saturated heterocycles. The van der Waals surface area contributed by atoms with Crippen LogP contribution >= 0.6 is 15.9 Å². The van der Waals surface area contributed by atoms with Crippen LogP contribution in [0, 0.1) is 0 Å². The molecule has 0 bridgehead atoms. The Kier molecular flexibility index (Phi) is 8.21. The summed E-state index contributed by atoms with van der Waals surface area (Å²) in [6.07, 6.45) is 0. The highest BCUT2D eigenvalue weighted by Crippen LogP contribution is 2.27. The van der Waals surface area contributed by atoms with E-state index in [-0.39, 0.29) is 41.5 Å². The van der Waals surface area contributed by atoms with Crippen molar-refractivity contribution < 1.29 is 27.5 Å². The summed E-state index contributed by atoms with van der Waals surface area (Å²) in [5, 5.41) is 0. The van der Waals surface area contributed by atoms with E-state index in [0.717, 1.165) is 0 Å². The Morgan fingerprint density at radius 2 is 1.76 bits per heavy atom. The lowest BCUT2D eigenvalue weighted by Gasteiger charge is -2.30. The monoisotopic (exact) mass is 490 g/mol. The molecule has 1 amide bonds. The van der Waals surface area contributed by atoms with Gasteiger partial charge in [-0.2, -0.15) is 4.31 Å². The van der Waals surface area contributed by atoms with Crippen LogP contribution in [0.5, 0.6) is 0 Å². The first-order chi connectivity index (χ1) is 13.6. The van der Waals surface area contributed by atoms with Gasteiger partial charge in [-0.05, 0) is 61.8 Å². The van der Waals surface area contributed by atoms with Crippen molar-refractivity contribution in [2.24, 2.45) is 0 Å². The van der Waals surface area contributed by atoms with Gasteiger partial charge in [-0.25, -0.2) is 13.2 Å². The van der Waals surface area contributed by atoms with Gasteiger partial charge in [0.05, 0.1) is 23.7 Å². The summed E-state index contributed by atoms with van der Waals surface area (Å²) in [6.45, 7) is 8.28. The Balaban J connectivity index is 2.16. The van der Waals surface area contributed by atoms with Crippen LogP contribution in [0.25, 0.3) is 0 Å².